The summed E-state index contributed by atoms with van der Waals surface area (Å²) < 4.78 is 0. The number of hydrogen-bond donors (Lipinski definition) is 2. The molecule has 0 spiro atoms. The van der Waals surface area contributed by atoms with E-state index in [1.165, 1.54) is 44.9 Å². The second kappa shape index (κ2) is 11.4. The first-order chi connectivity index (χ1) is 7.72. The molecule has 0 aromatic carbocycles. The summed E-state index contributed by atoms with van der Waals surface area (Å²) in [7, 11) is 0. The molecule has 16 heavy (non-hydrogen) atoms. The normalized spacial score (nSPS) is 15.0. The second-order valence-electron chi connectivity index (χ2n) is 4.81. The Morgan fingerprint density at radius 1 is 0.688 bits per heavy atom. The van der Waals surface area contributed by atoms with E-state index in [1.54, 1.807) is 0 Å². The third kappa shape index (κ3) is 9.17. The fourth-order valence-electron chi connectivity index (χ4n) is 1.95. The van der Waals surface area contributed by atoms with Crippen LogP contribution in [-0.4, -0.2) is 22.4 Å². The lowest BCUT2D eigenvalue weighted by molar-refractivity contribution is 0.0114. The van der Waals surface area contributed by atoms with Gasteiger partial charge in [-0.25, -0.2) is 0 Å². The van der Waals surface area contributed by atoms with Gasteiger partial charge in [0.15, 0.2) is 0 Å². The van der Waals surface area contributed by atoms with E-state index in [9.17, 15) is 10.2 Å². The first kappa shape index (κ1) is 15.9. The van der Waals surface area contributed by atoms with Crippen LogP contribution in [0.2, 0.25) is 0 Å². The molecule has 0 aromatic rings. The predicted molar refractivity (Wildman–Crippen MR) is 69.5 cm³/mol. The van der Waals surface area contributed by atoms with Crippen molar-refractivity contribution in [2.24, 2.45) is 0 Å². The van der Waals surface area contributed by atoms with Crippen LogP contribution in [-0.2, 0) is 0 Å². The third-order valence-corrected chi connectivity index (χ3v) is 3.22. The van der Waals surface area contributed by atoms with Crippen molar-refractivity contribution in [3.8, 4) is 0 Å². The van der Waals surface area contributed by atoms with Gasteiger partial charge in [0.25, 0.3) is 0 Å². The third-order valence-electron chi connectivity index (χ3n) is 3.22. The molecule has 0 radical (unpaired) electrons. The number of hydrogen-bond acceptors (Lipinski definition) is 2. The van der Waals surface area contributed by atoms with E-state index in [0.717, 1.165) is 12.8 Å². The molecule has 0 bridgehead atoms. The van der Waals surface area contributed by atoms with Gasteiger partial charge in [0.05, 0.1) is 12.2 Å². The molecule has 0 fully saturated rings. The highest BCUT2D eigenvalue weighted by Gasteiger charge is 2.12. The number of rotatable bonds is 11. The maximum absolute atomic E-state index is 9.54. The second-order valence-corrected chi connectivity index (χ2v) is 4.81. The number of aliphatic hydroxyl groups excluding tert-OH is 2. The fraction of sp³-hybridized carbons (Fsp3) is 1.00. The van der Waals surface area contributed by atoms with Crippen LogP contribution in [0, 0.1) is 0 Å². The van der Waals surface area contributed by atoms with Gasteiger partial charge < -0.3 is 10.2 Å². The minimum atomic E-state index is -0.524. The van der Waals surface area contributed by atoms with Gasteiger partial charge in [0.1, 0.15) is 0 Å². The van der Waals surface area contributed by atoms with Gasteiger partial charge in [-0.3, -0.25) is 0 Å². The van der Waals surface area contributed by atoms with Gasteiger partial charge in [0.2, 0.25) is 0 Å². The SMILES string of the molecule is CCCCCCCCCCC(O)C(O)CC. The van der Waals surface area contributed by atoms with E-state index in [0.29, 0.717) is 6.42 Å². The largest absolute Gasteiger partial charge is 0.390 e. The van der Waals surface area contributed by atoms with Gasteiger partial charge in [-0.2, -0.15) is 0 Å². The zero-order valence-electron chi connectivity index (χ0n) is 11.1. The first-order valence-electron chi connectivity index (χ1n) is 7.08. The van der Waals surface area contributed by atoms with Crippen LogP contribution < -0.4 is 0 Å². The standard InChI is InChI=1S/C14H30O2/c1-3-5-6-7-8-9-10-11-12-14(16)13(15)4-2/h13-16H,3-12H2,1-2H3. The monoisotopic (exact) mass is 230 g/mol. The molecular formula is C14H30O2. The van der Waals surface area contributed by atoms with Crippen molar-refractivity contribution in [1.29, 1.82) is 0 Å². The predicted octanol–water partition coefficient (Wildman–Crippen LogP) is 3.65. The average Bonchev–Trinajstić information content (AvgIpc) is 2.31. The molecule has 2 nitrogen and oxygen atoms in total. The first-order valence-corrected chi connectivity index (χ1v) is 7.08. The quantitative estimate of drug-likeness (QED) is 0.532. The van der Waals surface area contributed by atoms with Gasteiger partial charge in [-0.05, 0) is 12.8 Å². The highest BCUT2D eigenvalue weighted by Crippen LogP contribution is 2.12. The lowest BCUT2D eigenvalue weighted by atomic mass is 10.0. The van der Waals surface area contributed by atoms with Crippen LogP contribution in [0.1, 0.15) is 78.1 Å². The molecule has 0 aliphatic rings. The van der Waals surface area contributed by atoms with Gasteiger partial charge in [0, 0.05) is 0 Å². The molecule has 2 heteroatoms. The van der Waals surface area contributed by atoms with E-state index in [-0.39, 0.29) is 0 Å². The summed E-state index contributed by atoms with van der Waals surface area (Å²) in [6.45, 7) is 4.14. The maximum atomic E-state index is 9.54. The lowest BCUT2D eigenvalue weighted by Crippen LogP contribution is -2.24. The van der Waals surface area contributed by atoms with E-state index in [4.69, 9.17) is 0 Å². The van der Waals surface area contributed by atoms with Crippen molar-refractivity contribution >= 4 is 0 Å². The highest BCUT2D eigenvalue weighted by atomic mass is 16.3. The van der Waals surface area contributed by atoms with Crippen molar-refractivity contribution in [3.63, 3.8) is 0 Å². The van der Waals surface area contributed by atoms with E-state index < -0.39 is 12.2 Å². The molecule has 0 amide bonds. The average molecular weight is 230 g/mol. The fourth-order valence-corrected chi connectivity index (χ4v) is 1.95. The van der Waals surface area contributed by atoms with Crippen LogP contribution in [0.15, 0.2) is 0 Å². The minimum Gasteiger partial charge on any atom is -0.390 e. The summed E-state index contributed by atoms with van der Waals surface area (Å²) in [5.74, 6) is 0. The van der Waals surface area contributed by atoms with Crippen molar-refractivity contribution in [2.45, 2.75) is 90.3 Å². The van der Waals surface area contributed by atoms with Crippen LogP contribution in [0.3, 0.4) is 0 Å². The van der Waals surface area contributed by atoms with Crippen molar-refractivity contribution in [2.75, 3.05) is 0 Å². The Balaban J connectivity index is 3.14. The van der Waals surface area contributed by atoms with Crippen molar-refractivity contribution in [3.05, 3.63) is 0 Å². The number of unbranched alkanes of at least 4 members (excludes halogenated alkanes) is 7. The molecule has 0 aromatic heterocycles. The van der Waals surface area contributed by atoms with Gasteiger partial charge in [-0.15, -0.1) is 0 Å². The van der Waals surface area contributed by atoms with Crippen molar-refractivity contribution in [1.82, 2.24) is 0 Å². The smallest absolute Gasteiger partial charge is 0.0799 e. The summed E-state index contributed by atoms with van der Waals surface area (Å²) in [5, 5.41) is 18.9. The summed E-state index contributed by atoms with van der Waals surface area (Å²) in [6.07, 6.45) is 10.6. The Morgan fingerprint density at radius 2 is 1.19 bits per heavy atom. The van der Waals surface area contributed by atoms with Crippen LogP contribution in [0.25, 0.3) is 0 Å². The molecular weight excluding hydrogens is 200 g/mol. The Bertz CT molecular complexity index is 137. The van der Waals surface area contributed by atoms with Crippen LogP contribution in [0.4, 0.5) is 0 Å². The lowest BCUT2D eigenvalue weighted by Gasteiger charge is -2.15. The van der Waals surface area contributed by atoms with Gasteiger partial charge in [-0.1, -0.05) is 65.2 Å². The molecule has 2 unspecified atom stereocenters. The Hall–Kier alpha value is -0.0800. The summed E-state index contributed by atoms with van der Waals surface area (Å²) >= 11 is 0. The molecule has 98 valence electrons. The van der Waals surface area contributed by atoms with Crippen LogP contribution in [0.5, 0.6) is 0 Å². The summed E-state index contributed by atoms with van der Waals surface area (Å²) in [4.78, 5) is 0. The Labute approximate surface area is 101 Å². The molecule has 0 heterocycles. The van der Waals surface area contributed by atoms with E-state index in [1.807, 2.05) is 6.92 Å². The number of aliphatic hydroxyl groups is 2. The molecule has 2 atom stereocenters. The zero-order chi connectivity index (χ0) is 12.2. The molecule has 0 aliphatic heterocycles. The molecule has 0 saturated carbocycles. The topological polar surface area (TPSA) is 40.5 Å². The summed E-state index contributed by atoms with van der Waals surface area (Å²) in [6, 6.07) is 0. The highest BCUT2D eigenvalue weighted by molar-refractivity contribution is 4.65. The maximum Gasteiger partial charge on any atom is 0.0799 e. The Morgan fingerprint density at radius 3 is 1.69 bits per heavy atom. The molecule has 0 rings (SSSR count). The molecule has 0 aliphatic carbocycles. The van der Waals surface area contributed by atoms with Crippen molar-refractivity contribution < 1.29 is 10.2 Å². The minimum absolute atomic E-state index is 0.509. The van der Waals surface area contributed by atoms with Gasteiger partial charge >= 0.3 is 0 Å². The van der Waals surface area contributed by atoms with E-state index in [2.05, 4.69) is 6.92 Å². The Kier molecular flexibility index (Phi) is 11.3. The van der Waals surface area contributed by atoms with E-state index >= 15 is 0 Å². The zero-order valence-corrected chi connectivity index (χ0v) is 11.1. The molecule has 2 N–H and O–H groups in total. The van der Waals surface area contributed by atoms with Crippen LogP contribution >= 0.6 is 0 Å². The summed E-state index contributed by atoms with van der Waals surface area (Å²) in [5.41, 5.74) is 0. The molecule has 0 saturated heterocycles.